The molecule has 4 heteroatoms. The van der Waals surface area contributed by atoms with Gasteiger partial charge in [0.1, 0.15) is 6.61 Å². The van der Waals surface area contributed by atoms with Crippen LogP contribution in [-0.4, -0.2) is 25.7 Å². The molecule has 2 bridgehead atoms. The Bertz CT molecular complexity index is 372. The molecule has 0 aromatic carbocycles. The molecule has 2 aliphatic carbocycles. The van der Waals surface area contributed by atoms with E-state index in [0.717, 1.165) is 6.42 Å². The Morgan fingerprint density at radius 1 is 1.29 bits per heavy atom. The Balaban J connectivity index is 2.13. The fraction of sp³-hybridized carbons (Fsp3) is 0.538. The van der Waals surface area contributed by atoms with E-state index in [4.69, 9.17) is 9.47 Å². The first-order valence-corrected chi connectivity index (χ1v) is 5.72. The summed E-state index contributed by atoms with van der Waals surface area (Å²) in [4.78, 5) is 23.6. The number of carbonyl (C=O) groups is 2. The van der Waals surface area contributed by atoms with Gasteiger partial charge in [-0.05, 0) is 18.3 Å². The molecule has 2 aliphatic rings. The maximum Gasteiger partial charge on any atom is 0.310 e. The van der Waals surface area contributed by atoms with Crippen molar-refractivity contribution in [1.29, 1.82) is 0 Å². The lowest BCUT2D eigenvalue weighted by atomic mass is 9.83. The van der Waals surface area contributed by atoms with Crippen LogP contribution in [0.3, 0.4) is 0 Å². The number of allylic oxidation sites excluding steroid dienone is 2. The summed E-state index contributed by atoms with van der Waals surface area (Å²) in [7, 11) is 1.35. The van der Waals surface area contributed by atoms with Crippen molar-refractivity contribution >= 4 is 11.9 Å². The summed E-state index contributed by atoms with van der Waals surface area (Å²) in [6, 6.07) is 0. The second-order valence-corrected chi connectivity index (χ2v) is 4.44. The molecule has 1 fully saturated rings. The number of ether oxygens (including phenoxy) is 2. The van der Waals surface area contributed by atoms with Crippen molar-refractivity contribution in [2.75, 3.05) is 13.7 Å². The zero-order valence-electron chi connectivity index (χ0n) is 9.80. The van der Waals surface area contributed by atoms with E-state index in [1.54, 1.807) is 0 Å². The second-order valence-electron chi connectivity index (χ2n) is 4.44. The molecule has 4 nitrogen and oxygen atoms in total. The summed E-state index contributed by atoms with van der Waals surface area (Å²) in [6.07, 6.45) is 6.37. The minimum atomic E-state index is -0.391. The molecule has 2 rings (SSSR count). The third-order valence-electron chi connectivity index (χ3n) is 3.55. The van der Waals surface area contributed by atoms with E-state index >= 15 is 0 Å². The number of methoxy groups -OCH3 is 1. The van der Waals surface area contributed by atoms with Crippen LogP contribution in [0.1, 0.15) is 6.42 Å². The van der Waals surface area contributed by atoms with Gasteiger partial charge in [0.25, 0.3) is 0 Å². The summed E-state index contributed by atoms with van der Waals surface area (Å²) in [5.74, 6) is -1.18. The normalized spacial score (nSPS) is 33.5. The molecule has 17 heavy (non-hydrogen) atoms. The fourth-order valence-electron chi connectivity index (χ4n) is 2.84. The number of hydrogen-bond acceptors (Lipinski definition) is 4. The summed E-state index contributed by atoms with van der Waals surface area (Å²) in [6.45, 7) is 3.68. The smallest absolute Gasteiger partial charge is 0.310 e. The van der Waals surface area contributed by atoms with Crippen molar-refractivity contribution in [3.63, 3.8) is 0 Å². The zero-order valence-corrected chi connectivity index (χ0v) is 9.80. The van der Waals surface area contributed by atoms with E-state index in [2.05, 4.69) is 6.58 Å². The van der Waals surface area contributed by atoms with Crippen molar-refractivity contribution in [2.24, 2.45) is 23.7 Å². The van der Waals surface area contributed by atoms with Gasteiger partial charge in [0.2, 0.25) is 0 Å². The zero-order chi connectivity index (χ0) is 12.4. The van der Waals surface area contributed by atoms with Crippen molar-refractivity contribution in [3.8, 4) is 0 Å². The first kappa shape index (κ1) is 11.9. The average molecular weight is 236 g/mol. The molecule has 0 amide bonds. The standard InChI is InChI=1S/C13H16O4/c1-3-6-17-13(15)11-9-5-4-8(7-9)10(11)12(14)16-2/h3-5,8-11H,1,6-7H2,2H3. The highest BCUT2D eigenvalue weighted by molar-refractivity contribution is 5.84. The summed E-state index contributed by atoms with van der Waals surface area (Å²) >= 11 is 0. The van der Waals surface area contributed by atoms with Gasteiger partial charge in [-0.15, -0.1) is 0 Å². The van der Waals surface area contributed by atoms with Crippen LogP contribution in [0.25, 0.3) is 0 Å². The van der Waals surface area contributed by atoms with Crippen LogP contribution in [0.15, 0.2) is 24.8 Å². The molecule has 0 aliphatic heterocycles. The number of rotatable bonds is 4. The highest BCUT2D eigenvalue weighted by Gasteiger charge is 2.52. The van der Waals surface area contributed by atoms with Gasteiger partial charge in [0, 0.05) is 0 Å². The molecule has 0 aromatic heterocycles. The van der Waals surface area contributed by atoms with Crippen LogP contribution in [0.2, 0.25) is 0 Å². The molecule has 92 valence electrons. The van der Waals surface area contributed by atoms with Gasteiger partial charge in [-0.25, -0.2) is 0 Å². The molecule has 0 N–H and O–H groups in total. The first-order chi connectivity index (χ1) is 8.19. The molecule has 1 saturated carbocycles. The molecular weight excluding hydrogens is 220 g/mol. The summed E-state index contributed by atoms with van der Waals surface area (Å²) < 4.78 is 9.82. The van der Waals surface area contributed by atoms with Gasteiger partial charge >= 0.3 is 11.9 Å². The Labute approximate surface area is 100 Å². The van der Waals surface area contributed by atoms with Crippen LogP contribution in [0.5, 0.6) is 0 Å². The summed E-state index contributed by atoms with van der Waals surface area (Å²) in [5.41, 5.74) is 0. The molecule has 0 radical (unpaired) electrons. The number of carbonyl (C=O) groups excluding carboxylic acids is 2. The molecular formula is C13H16O4. The van der Waals surface area contributed by atoms with E-state index < -0.39 is 5.92 Å². The highest BCUT2D eigenvalue weighted by Crippen LogP contribution is 2.48. The molecule has 4 unspecified atom stereocenters. The molecule has 0 spiro atoms. The van der Waals surface area contributed by atoms with Gasteiger partial charge in [-0.1, -0.05) is 24.8 Å². The minimum Gasteiger partial charge on any atom is -0.469 e. The van der Waals surface area contributed by atoms with Gasteiger partial charge in [0.15, 0.2) is 0 Å². The van der Waals surface area contributed by atoms with Crippen molar-refractivity contribution in [2.45, 2.75) is 6.42 Å². The van der Waals surface area contributed by atoms with E-state index in [1.165, 1.54) is 13.2 Å². The highest BCUT2D eigenvalue weighted by atomic mass is 16.5. The number of hydrogen-bond donors (Lipinski definition) is 0. The van der Waals surface area contributed by atoms with E-state index in [0.29, 0.717) is 0 Å². The largest absolute Gasteiger partial charge is 0.469 e. The Morgan fingerprint density at radius 3 is 2.41 bits per heavy atom. The van der Waals surface area contributed by atoms with Crippen LogP contribution < -0.4 is 0 Å². The molecule has 0 aromatic rings. The van der Waals surface area contributed by atoms with Gasteiger partial charge in [-0.3, -0.25) is 9.59 Å². The van der Waals surface area contributed by atoms with Crippen molar-refractivity contribution in [1.82, 2.24) is 0 Å². The van der Waals surface area contributed by atoms with E-state index in [-0.39, 0.29) is 36.3 Å². The maximum absolute atomic E-state index is 11.9. The Hall–Kier alpha value is -1.58. The van der Waals surface area contributed by atoms with Crippen molar-refractivity contribution < 1.29 is 19.1 Å². The third kappa shape index (κ3) is 1.99. The number of esters is 2. The topological polar surface area (TPSA) is 52.6 Å². The summed E-state index contributed by atoms with van der Waals surface area (Å²) in [5, 5.41) is 0. The predicted octanol–water partition coefficient (Wildman–Crippen LogP) is 1.33. The van der Waals surface area contributed by atoms with E-state index in [1.807, 2.05) is 12.2 Å². The first-order valence-electron chi connectivity index (χ1n) is 5.72. The number of fused-ring (bicyclic) bond motifs is 2. The fourth-order valence-corrected chi connectivity index (χ4v) is 2.84. The van der Waals surface area contributed by atoms with Gasteiger partial charge in [-0.2, -0.15) is 0 Å². The van der Waals surface area contributed by atoms with Crippen LogP contribution in [0.4, 0.5) is 0 Å². The maximum atomic E-state index is 11.9. The van der Waals surface area contributed by atoms with Crippen LogP contribution in [0, 0.1) is 23.7 Å². The average Bonchev–Trinajstić information content (AvgIpc) is 2.94. The lowest BCUT2D eigenvalue weighted by Gasteiger charge is -2.23. The minimum absolute atomic E-state index is 0.112. The van der Waals surface area contributed by atoms with Gasteiger partial charge < -0.3 is 9.47 Å². The van der Waals surface area contributed by atoms with Crippen LogP contribution >= 0.6 is 0 Å². The van der Waals surface area contributed by atoms with Gasteiger partial charge in [0.05, 0.1) is 18.9 Å². The SMILES string of the molecule is C=CCOC(=O)C1C2C=CC(C2)C1C(=O)OC. The third-order valence-corrected chi connectivity index (χ3v) is 3.55. The second kappa shape index (κ2) is 4.73. The Kier molecular flexibility index (Phi) is 3.31. The van der Waals surface area contributed by atoms with Crippen molar-refractivity contribution in [3.05, 3.63) is 24.8 Å². The lowest BCUT2D eigenvalue weighted by molar-refractivity contribution is -0.159. The predicted molar refractivity (Wildman–Crippen MR) is 60.9 cm³/mol. The van der Waals surface area contributed by atoms with E-state index in [9.17, 15) is 9.59 Å². The van der Waals surface area contributed by atoms with Crippen LogP contribution in [-0.2, 0) is 19.1 Å². The quantitative estimate of drug-likeness (QED) is 0.546. The Morgan fingerprint density at radius 2 is 1.88 bits per heavy atom. The monoisotopic (exact) mass is 236 g/mol. The molecule has 0 heterocycles. The molecule has 0 saturated heterocycles. The lowest BCUT2D eigenvalue weighted by Crippen LogP contribution is -2.35. The molecule has 4 atom stereocenters.